The first-order valence-electron chi connectivity index (χ1n) is 3.91. The quantitative estimate of drug-likeness (QED) is 0.604. The Morgan fingerprint density at radius 1 is 1.30 bits per heavy atom. The van der Waals surface area contributed by atoms with Crippen molar-refractivity contribution in [3.63, 3.8) is 0 Å². The predicted octanol–water partition coefficient (Wildman–Crippen LogP) is 2.75. The lowest BCUT2D eigenvalue weighted by Gasteiger charge is -1.91. The Hall–Kier alpha value is -0.300. The summed E-state index contributed by atoms with van der Waals surface area (Å²) >= 11 is 0. The summed E-state index contributed by atoms with van der Waals surface area (Å²) in [5, 5.41) is 7.00. The molecule has 0 fully saturated rings. The Kier molecular flexibility index (Phi) is 14.2. The summed E-state index contributed by atoms with van der Waals surface area (Å²) in [6.07, 6.45) is 6.05. The number of allylic oxidation sites excluding steroid dienone is 2. The van der Waals surface area contributed by atoms with Crippen LogP contribution in [0, 0.1) is 0 Å². The van der Waals surface area contributed by atoms with Crippen LogP contribution in [0.4, 0.5) is 0 Å². The van der Waals surface area contributed by atoms with E-state index in [-0.39, 0.29) is 0 Å². The van der Waals surface area contributed by atoms with E-state index < -0.39 is 0 Å². The second-order valence-electron chi connectivity index (χ2n) is 2.19. The molecule has 0 aliphatic heterocycles. The van der Waals surface area contributed by atoms with Crippen molar-refractivity contribution in [1.29, 1.82) is 0 Å². The van der Waals surface area contributed by atoms with E-state index in [2.05, 4.69) is 26.8 Å². The van der Waals surface area contributed by atoms with Crippen LogP contribution < -0.4 is 0 Å². The molecule has 0 atom stereocenters. The van der Waals surface area contributed by atoms with Crippen LogP contribution in [0.2, 0.25) is 0 Å². The highest BCUT2D eigenvalue weighted by Crippen LogP contribution is 2.00. The molecule has 0 amide bonds. The molecule has 10 heavy (non-hydrogen) atoms. The van der Waals surface area contributed by atoms with Crippen LogP contribution in [0.1, 0.15) is 40.0 Å². The lowest BCUT2D eigenvalue weighted by molar-refractivity contribution is 0.399. The predicted molar refractivity (Wildman–Crippen MR) is 47.1 cm³/mol. The fourth-order valence-electron chi connectivity index (χ4n) is 0.535. The van der Waals surface area contributed by atoms with Gasteiger partial charge in [-0.1, -0.05) is 31.9 Å². The van der Waals surface area contributed by atoms with Gasteiger partial charge in [0.05, 0.1) is 0 Å². The average Bonchev–Trinajstić information content (AvgIpc) is 2.04. The maximum atomic E-state index is 7.00. The number of aliphatic hydroxyl groups is 1. The second-order valence-corrected chi connectivity index (χ2v) is 2.19. The number of rotatable bonds is 3. The molecule has 0 heterocycles. The molecular formula is C9H20O. The molecule has 0 bridgehead atoms. The molecule has 0 aromatic rings. The number of aliphatic hydroxyl groups excluding tert-OH is 1. The molecule has 0 aromatic carbocycles. The van der Waals surface area contributed by atoms with E-state index in [0.717, 1.165) is 7.11 Å². The van der Waals surface area contributed by atoms with Gasteiger partial charge < -0.3 is 5.11 Å². The minimum atomic E-state index is 1.00. The standard InChI is InChI=1S/C8H16.CH4O/c1-4-6-7-8(3)5-2;1-2/h7H,4-6H2,1-3H3;2H,1H3/b8-7+;. The molecule has 0 unspecified atom stereocenters. The van der Waals surface area contributed by atoms with Crippen LogP contribution in [-0.4, -0.2) is 12.2 Å². The number of unbranched alkanes of at least 4 members (excludes halogenated alkanes) is 1. The Morgan fingerprint density at radius 3 is 2.10 bits per heavy atom. The van der Waals surface area contributed by atoms with Crippen LogP contribution in [0.15, 0.2) is 11.6 Å². The largest absolute Gasteiger partial charge is 0.400 e. The van der Waals surface area contributed by atoms with Crippen LogP contribution in [0.5, 0.6) is 0 Å². The van der Waals surface area contributed by atoms with Crippen molar-refractivity contribution in [3.8, 4) is 0 Å². The van der Waals surface area contributed by atoms with Crippen molar-refractivity contribution >= 4 is 0 Å². The molecule has 0 saturated carbocycles. The van der Waals surface area contributed by atoms with Gasteiger partial charge >= 0.3 is 0 Å². The molecule has 0 aliphatic carbocycles. The first kappa shape index (κ1) is 12.4. The third-order valence-corrected chi connectivity index (χ3v) is 1.34. The van der Waals surface area contributed by atoms with Gasteiger partial charge in [0, 0.05) is 7.11 Å². The molecule has 62 valence electrons. The summed E-state index contributed by atoms with van der Waals surface area (Å²) < 4.78 is 0. The monoisotopic (exact) mass is 144 g/mol. The van der Waals surface area contributed by atoms with Crippen LogP contribution >= 0.6 is 0 Å². The zero-order valence-corrected chi connectivity index (χ0v) is 7.65. The molecule has 1 N–H and O–H groups in total. The van der Waals surface area contributed by atoms with Gasteiger partial charge in [0.2, 0.25) is 0 Å². The van der Waals surface area contributed by atoms with Gasteiger partial charge in [-0.05, 0) is 19.8 Å². The van der Waals surface area contributed by atoms with Crippen molar-refractivity contribution in [3.05, 3.63) is 11.6 Å². The first-order valence-corrected chi connectivity index (χ1v) is 3.91. The second kappa shape index (κ2) is 11.5. The molecule has 0 rings (SSSR count). The zero-order valence-electron chi connectivity index (χ0n) is 7.65. The van der Waals surface area contributed by atoms with Gasteiger partial charge in [-0.25, -0.2) is 0 Å². The van der Waals surface area contributed by atoms with E-state index >= 15 is 0 Å². The molecule has 0 spiro atoms. The summed E-state index contributed by atoms with van der Waals surface area (Å²) in [7, 11) is 1.00. The van der Waals surface area contributed by atoms with E-state index in [1.165, 1.54) is 24.8 Å². The summed E-state index contributed by atoms with van der Waals surface area (Å²) in [4.78, 5) is 0. The molecular weight excluding hydrogens is 124 g/mol. The van der Waals surface area contributed by atoms with Gasteiger partial charge in [-0.2, -0.15) is 0 Å². The molecule has 0 radical (unpaired) electrons. The fourth-order valence-corrected chi connectivity index (χ4v) is 0.535. The Bertz CT molecular complexity index is 74.8. The molecule has 1 heteroatoms. The summed E-state index contributed by atoms with van der Waals surface area (Å²) in [6, 6.07) is 0. The highest BCUT2D eigenvalue weighted by Gasteiger charge is 1.79. The van der Waals surface area contributed by atoms with Crippen molar-refractivity contribution in [2.45, 2.75) is 40.0 Å². The van der Waals surface area contributed by atoms with Gasteiger partial charge in [0.15, 0.2) is 0 Å². The summed E-state index contributed by atoms with van der Waals surface area (Å²) in [5.41, 5.74) is 1.52. The summed E-state index contributed by atoms with van der Waals surface area (Å²) in [5.74, 6) is 0. The smallest absolute Gasteiger partial charge is 0.0319 e. The van der Waals surface area contributed by atoms with Crippen molar-refractivity contribution in [1.82, 2.24) is 0 Å². The number of hydrogen-bond donors (Lipinski definition) is 1. The minimum Gasteiger partial charge on any atom is -0.400 e. The maximum absolute atomic E-state index is 7.00. The normalized spacial score (nSPS) is 10.3. The van der Waals surface area contributed by atoms with Crippen molar-refractivity contribution in [2.75, 3.05) is 7.11 Å². The highest BCUT2D eigenvalue weighted by atomic mass is 16.2. The molecule has 0 aromatic heterocycles. The van der Waals surface area contributed by atoms with Crippen LogP contribution in [0.25, 0.3) is 0 Å². The van der Waals surface area contributed by atoms with Gasteiger partial charge in [0.1, 0.15) is 0 Å². The third kappa shape index (κ3) is 10.6. The maximum Gasteiger partial charge on any atom is 0.0319 e. The Labute approximate surface area is 64.8 Å². The van der Waals surface area contributed by atoms with Gasteiger partial charge in [0.25, 0.3) is 0 Å². The summed E-state index contributed by atoms with van der Waals surface area (Å²) in [6.45, 7) is 6.59. The molecule has 0 saturated heterocycles. The van der Waals surface area contributed by atoms with E-state index in [1.54, 1.807) is 0 Å². The average molecular weight is 144 g/mol. The molecule has 0 aliphatic rings. The van der Waals surface area contributed by atoms with E-state index in [1.807, 2.05) is 0 Å². The lowest BCUT2D eigenvalue weighted by Crippen LogP contribution is -1.70. The molecule has 1 nitrogen and oxygen atoms in total. The lowest BCUT2D eigenvalue weighted by atomic mass is 10.2. The zero-order chi connectivity index (χ0) is 8.41. The SMILES string of the molecule is CCC/C=C(\C)CC.CO. The Morgan fingerprint density at radius 2 is 1.80 bits per heavy atom. The van der Waals surface area contributed by atoms with Crippen molar-refractivity contribution < 1.29 is 5.11 Å². The van der Waals surface area contributed by atoms with Crippen LogP contribution in [-0.2, 0) is 0 Å². The fraction of sp³-hybridized carbons (Fsp3) is 0.778. The Balaban J connectivity index is 0. The van der Waals surface area contributed by atoms with E-state index in [9.17, 15) is 0 Å². The van der Waals surface area contributed by atoms with Gasteiger partial charge in [-0.3, -0.25) is 0 Å². The topological polar surface area (TPSA) is 20.2 Å². The highest BCUT2D eigenvalue weighted by molar-refractivity contribution is 4.95. The van der Waals surface area contributed by atoms with E-state index in [0.29, 0.717) is 0 Å². The van der Waals surface area contributed by atoms with Crippen LogP contribution in [0.3, 0.4) is 0 Å². The van der Waals surface area contributed by atoms with Crippen molar-refractivity contribution in [2.24, 2.45) is 0 Å². The first-order chi connectivity index (χ1) is 4.81. The minimum absolute atomic E-state index is 1.00. The van der Waals surface area contributed by atoms with Gasteiger partial charge in [-0.15, -0.1) is 0 Å². The van der Waals surface area contributed by atoms with E-state index in [4.69, 9.17) is 5.11 Å². The third-order valence-electron chi connectivity index (χ3n) is 1.34. The number of hydrogen-bond acceptors (Lipinski definition) is 1.